The first-order chi connectivity index (χ1) is 35.1. The number of aromatic hydroxyl groups is 1. The number of amides is 4. The summed E-state index contributed by atoms with van der Waals surface area (Å²) in [6, 6.07) is 11.3. The van der Waals surface area contributed by atoms with Crippen molar-refractivity contribution in [2.45, 2.75) is 116 Å². The minimum Gasteiger partial charge on any atom is -0.507 e. The summed E-state index contributed by atoms with van der Waals surface area (Å²) in [4.78, 5) is 63.3. The third kappa shape index (κ3) is 10.8. The number of benzene rings is 2. The first-order valence-corrected chi connectivity index (χ1v) is 26.0. The maximum absolute atomic E-state index is 14.3. The Morgan fingerprint density at radius 3 is 2.48 bits per heavy atom. The van der Waals surface area contributed by atoms with Gasteiger partial charge in [-0.15, -0.1) is 6.42 Å². The number of aromatic amines is 1. The van der Waals surface area contributed by atoms with Crippen molar-refractivity contribution < 1.29 is 29.0 Å². The predicted octanol–water partition coefficient (Wildman–Crippen LogP) is 6.15. The fraction of sp³-hybridized carbons (Fsp3) is 0.518. The number of likely N-dealkylation sites (tertiary alicyclic amines) is 3. The number of nitrogens with two attached hydrogens (primary N) is 2. The fourth-order valence-corrected chi connectivity index (χ4v) is 11.8. The van der Waals surface area contributed by atoms with Crippen LogP contribution in [0.4, 0.5) is 16.6 Å². The molecule has 4 fully saturated rings. The van der Waals surface area contributed by atoms with Crippen LogP contribution < -0.4 is 31.7 Å². The Kier molecular flexibility index (Phi) is 15.0. The number of urea groups is 1. The monoisotopic (exact) mass is 996 g/mol. The van der Waals surface area contributed by atoms with E-state index in [1.807, 2.05) is 62.3 Å². The lowest BCUT2D eigenvalue weighted by Gasteiger charge is -2.61. The number of carbonyl (C=O) groups is 3. The van der Waals surface area contributed by atoms with Gasteiger partial charge in [0, 0.05) is 122 Å². The molecule has 5 aliphatic rings. The number of carbonyl (C=O) groups excluding carboxylic acids is 3. The number of nitrogen functional groups attached to an aromatic ring is 1. The van der Waals surface area contributed by atoms with Gasteiger partial charge in [0.25, 0.3) is 0 Å². The lowest BCUT2D eigenvalue weighted by atomic mass is 9.60. The van der Waals surface area contributed by atoms with Gasteiger partial charge in [-0.25, -0.2) is 14.8 Å². The highest BCUT2D eigenvalue weighted by Gasteiger charge is 2.56. The van der Waals surface area contributed by atoms with E-state index in [-0.39, 0.29) is 41.6 Å². The number of hydrogen-bond acceptors (Lipinski definition) is 12. The van der Waals surface area contributed by atoms with Crippen LogP contribution in [-0.4, -0.2) is 130 Å². The molecule has 4 amide bonds. The number of H-pyrrole nitrogens is 1. The molecule has 6 heterocycles. The van der Waals surface area contributed by atoms with Crippen LogP contribution in [0, 0.1) is 23.2 Å². The average Bonchev–Trinajstić information content (AvgIpc) is 3.98. The van der Waals surface area contributed by atoms with Crippen LogP contribution in [0.15, 0.2) is 54.9 Å². The van der Waals surface area contributed by atoms with E-state index in [9.17, 15) is 19.5 Å². The number of hydrogen-bond donors (Lipinski definition) is 6. The number of nitrogens with zero attached hydrogens (tertiary/aromatic N) is 6. The first-order valence-electron chi connectivity index (χ1n) is 26.0. The highest BCUT2D eigenvalue weighted by molar-refractivity contribution is 5.93. The average molecular weight is 996 g/mol. The van der Waals surface area contributed by atoms with Crippen LogP contribution in [0.1, 0.15) is 124 Å². The molecule has 1 spiro atoms. The Balaban J connectivity index is 0.732. The van der Waals surface area contributed by atoms with E-state index in [2.05, 4.69) is 38.3 Å². The van der Waals surface area contributed by atoms with Crippen LogP contribution in [0.5, 0.6) is 11.5 Å². The third-order valence-electron chi connectivity index (χ3n) is 16.0. The smallest absolute Gasteiger partial charge is 0.318 e. The molecule has 0 radical (unpaired) electrons. The zero-order chi connectivity index (χ0) is 51.6. The van der Waals surface area contributed by atoms with Crippen molar-refractivity contribution in [1.82, 2.24) is 40.3 Å². The summed E-state index contributed by atoms with van der Waals surface area (Å²) in [6.45, 7) is 13.8. The van der Waals surface area contributed by atoms with Gasteiger partial charge >= 0.3 is 6.03 Å². The van der Waals surface area contributed by atoms with Crippen molar-refractivity contribution in [2.24, 2.45) is 16.6 Å². The Hall–Kier alpha value is -6.77. The number of fused-ring (bicyclic) bond motifs is 1. The van der Waals surface area contributed by atoms with Crippen molar-refractivity contribution in [3.05, 3.63) is 93.9 Å². The van der Waals surface area contributed by atoms with Gasteiger partial charge in [-0.2, -0.15) is 0 Å². The summed E-state index contributed by atoms with van der Waals surface area (Å²) in [5.74, 6) is 4.50. The van der Waals surface area contributed by atoms with Gasteiger partial charge in [-0.3, -0.25) is 9.59 Å². The molecule has 9 rings (SSSR count). The minimum absolute atomic E-state index is 0.0544. The molecule has 8 N–H and O–H groups in total. The summed E-state index contributed by atoms with van der Waals surface area (Å²) < 4.78 is 11.1. The molecule has 4 aromatic rings. The predicted molar refractivity (Wildman–Crippen MR) is 282 cm³/mol. The van der Waals surface area contributed by atoms with Gasteiger partial charge in [0.1, 0.15) is 29.4 Å². The number of methoxy groups -OCH3 is 1. The molecule has 388 valence electrons. The van der Waals surface area contributed by atoms with Gasteiger partial charge < -0.3 is 61.3 Å². The molecule has 3 saturated heterocycles. The molecule has 3 atom stereocenters. The molecule has 0 bridgehead atoms. The summed E-state index contributed by atoms with van der Waals surface area (Å²) in [5.41, 5.74) is 19.1. The Bertz CT molecular complexity index is 2720. The zero-order valence-electron chi connectivity index (χ0n) is 43.1. The van der Waals surface area contributed by atoms with Gasteiger partial charge in [0.2, 0.25) is 17.8 Å². The molecule has 17 nitrogen and oxygen atoms in total. The molecular formula is C56H73N11O6. The summed E-state index contributed by atoms with van der Waals surface area (Å²) in [5, 5.41) is 16.5. The third-order valence-corrected chi connectivity index (χ3v) is 16.0. The van der Waals surface area contributed by atoms with Crippen molar-refractivity contribution in [1.29, 1.82) is 0 Å². The molecule has 2 aromatic carbocycles. The van der Waals surface area contributed by atoms with Crippen molar-refractivity contribution in [3.63, 3.8) is 0 Å². The van der Waals surface area contributed by atoms with Crippen LogP contribution in [0.25, 0.3) is 11.8 Å². The number of phenols is 1. The second-order valence-electron chi connectivity index (χ2n) is 21.9. The number of terminal acetylenes is 1. The first kappa shape index (κ1) is 51.1. The molecule has 3 unspecified atom stereocenters. The van der Waals surface area contributed by atoms with Crippen LogP contribution in [0.2, 0.25) is 0 Å². The number of aromatic nitrogens is 3. The molecule has 4 aliphatic heterocycles. The highest BCUT2D eigenvalue weighted by atomic mass is 16.5. The maximum Gasteiger partial charge on any atom is 0.318 e. The highest BCUT2D eigenvalue weighted by Crippen LogP contribution is 2.51. The molecule has 73 heavy (non-hydrogen) atoms. The number of anilines is 2. The summed E-state index contributed by atoms with van der Waals surface area (Å²) in [7, 11) is 1.64. The number of nitrogens with one attached hydrogen (secondary N) is 3. The van der Waals surface area contributed by atoms with E-state index >= 15 is 0 Å². The lowest BCUT2D eigenvalue weighted by Crippen LogP contribution is -2.70. The molecule has 17 heteroatoms. The molecule has 1 aliphatic carbocycles. The maximum atomic E-state index is 14.3. The normalized spacial score (nSPS) is 20.7. The summed E-state index contributed by atoms with van der Waals surface area (Å²) >= 11 is 0. The van der Waals surface area contributed by atoms with Gasteiger partial charge in [-0.1, -0.05) is 44.9 Å². The van der Waals surface area contributed by atoms with E-state index in [0.717, 1.165) is 79.7 Å². The second kappa shape index (κ2) is 21.4. The van der Waals surface area contributed by atoms with Crippen molar-refractivity contribution in [3.8, 4) is 23.8 Å². The Labute approximate surface area is 429 Å². The van der Waals surface area contributed by atoms with E-state index in [1.165, 1.54) is 0 Å². The second-order valence-corrected chi connectivity index (χ2v) is 21.9. The molecule has 2 aromatic heterocycles. The topological polar surface area (TPSA) is 221 Å². The van der Waals surface area contributed by atoms with Gasteiger partial charge in [-0.05, 0) is 106 Å². The van der Waals surface area contributed by atoms with Crippen LogP contribution in [0.3, 0.4) is 0 Å². The number of ether oxygens (including phenoxy) is 2. The fourth-order valence-electron chi connectivity index (χ4n) is 11.8. The van der Waals surface area contributed by atoms with Crippen molar-refractivity contribution in [2.75, 3.05) is 70.2 Å². The summed E-state index contributed by atoms with van der Waals surface area (Å²) in [6.07, 6.45) is 18.4. The van der Waals surface area contributed by atoms with E-state index in [0.29, 0.717) is 98.4 Å². The number of para-hydroxylation sites is 1. The van der Waals surface area contributed by atoms with Crippen LogP contribution in [-0.2, 0) is 27.3 Å². The largest absolute Gasteiger partial charge is 0.507 e. The van der Waals surface area contributed by atoms with Gasteiger partial charge in [0.15, 0.2) is 0 Å². The SMILES string of the molecule is C#Cc1ccc(CNC(=O)C2CCCN2C(=O)C(NC(=O)N2CC3(CC(N4CCC(c5cnc(N6CCc7[nH]c(N)c(/C=C(\N)c8ccccc8O)c7C6C)nc5)CC4)C3)C2)C(C)(C)C)c(OCCCOC)c1. The van der Waals surface area contributed by atoms with E-state index in [4.69, 9.17) is 37.3 Å². The van der Waals surface area contributed by atoms with E-state index < -0.39 is 17.5 Å². The van der Waals surface area contributed by atoms with E-state index in [1.54, 1.807) is 36.3 Å². The van der Waals surface area contributed by atoms with Crippen LogP contribution >= 0.6 is 0 Å². The Morgan fingerprint density at radius 1 is 1.04 bits per heavy atom. The number of rotatable bonds is 15. The molecular weight excluding hydrogens is 923 g/mol. The Morgan fingerprint density at radius 2 is 1.78 bits per heavy atom. The molecule has 1 saturated carbocycles. The number of phenolic OH excluding ortho intramolecular Hbond substituents is 1. The van der Waals surface area contributed by atoms with Gasteiger partial charge in [0.05, 0.1) is 12.6 Å². The standard InChI is InChI=1S/C56H73N11O6/c1-7-36-15-16-38(47(26-36)73-25-11-24-72-6)30-59-51(69)45-13-10-20-67(45)52(70)49(55(3,4)5)63-54(71)65-33-56(34-65)28-40(29-56)64-21-17-37(18-22-64)39-31-60-53(61-32-39)66-23-19-44-48(35(66)2)42(50(58)62-44)27-43(57)41-12-8-9-14-46(41)68/h1,8-9,12,14-16,26-27,31-32,35,37,40,45,49,62,68H,10-11,13,17-25,28-30,33-34,57-58H2,2-6H3,(H,59,69)(H,63,71)/b43-27-. The zero-order valence-corrected chi connectivity index (χ0v) is 43.1. The quantitative estimate of drug-likeness (QED) is 0.0584. The minimum atomic E-state index is -0.801. The number of piperidine rings is 1. The van der Waals surface area contributed by atoms with Crippen molar-refractivity contribution >= 4 is 41.4 Å². The lowest BCUT2D eigenvalue weighted by molar-refractivity contribution is -0.142.